The monoisotopic (exact) mass is 994 g/mol. The molecule has 13 rings (SSSR count). The highest BCUT2D eigenvalue weighted by molar-refractivity contribution is 7.00. The number of hydrogen-bond acceptors (Lipinski definition) is 4. The molecule has 2 aliphatic carbocycles. The summed E-state index contributed by atoms with van der Waals surface area (Å²) in [6.07, 6.45) is 4.53. The maximum Gasteiger partial charge on any atom is 0.297 e. The number of benzene rings is 8. The molecule has 0 bridgehead atoms. The summed E-state index contributed by atoms with van der Waals surface area (Å²) in [4.78, 5) is 7.81. The molecule has 1 aromatic heterocycles. The highest BCUT2D eigenvalue weighted by Gasteiger charge is 2.51. The van der Waals surface area contributed by atoms with E-state index in [1.165, 1.54) is 78.9 Å². The number of nitrogens with zero attached hydrogens (tertiary/aromatic N) is 3. The minimum atomic E-state index is -0.209. The minimum Gasteiger partial charge on any atom is -0.468 e. The number of fused-ring (bicyclic) bond motifs is 9. The van der Waals surface area contributed by atoms with E-state index >= 15 is 0 Å². The van der Waals surface area contributed by atoms with Gasteiger partial charge >= 0.3 is 0 Å². The van der Waals surface area contributed by atoms with E-state index < -0.39 is 0 Å². The van der Waals surface area contributed by atoms with Crippen molar-refractivity contribution in [3.63, 3.8) is 0 Å². The normalized spacial score (nSPS) is 17.3. The summed E-state index contributed by atoms with van der Waals surface area (Å²) < 4.78 is 7.58. The third kappa shape index (κ3) is 7.46. The highest BCUT2D eigenvalue weighted by atomic mass is 16.3. The van der Waals surface area contributed by atoms with Crippen LogP contribution in [0.2, 0.25) is 0 Å². The Labute approximate surface area is 452 Å². The zero-order chi connectivity index (χ0) is 52.8. The predicted molar refractivity (Wildman–Crippen MR) is 324 cm³/mol. The Balaban J connectivity index is 1.23. The van der Waals surface area contributed by atoms with Crippen molar-refractivity contribution >= 4 is 85.5 Å². The summed E-state index contributed by atoms with van der Waals surface area (Å²) in [7, 11) is 0. The van der Waals surface area contributed by atoms with E-state index in [1.54, 1.807) is 0 Å². The summed E-state index contributed by atoms with van der Waals surface area (Å²) in [5, 5.41) is 1.12. The molecule has 5 heteroatoms. The van der Waals surface area contributed by atoms with E-state index in [9.17, 15) is 0 Å². The summed E-state index contributed by atoms with van der Waals surface area (Å²) in [6, 6.07) is 64.6. The van der Waals surface area contributed by atoms with Crippen LogP contribution in [0, 0.1) is 6.92 Å². The van der Waals surface area contributed by atoms with Gasteiger partial charge in [-0.25, -0.2) is 0 Å². The Kier molecular flexibility index (Phi) is 10.8. The molecule has 8 aromatic carbocycles. The zero-order valence-electron chi connectivity index (χ0n) is 46.8. The first-order chi connectivity index (χ1) is 36.2. The van der Waals surface area contributed by atoms with Crippen LogP contribution in [0.3, 0.4) is 0 Å². The van der Waals surface area contributed by atoms with Crippen molar-refractivity contribution in [1.29, 1.82) is 0 Å². The SMILES string of the molecule is Cc1ccc2oc3c(c2c1)N(c1ccc(C(C)(C)C)cc1-c1ccccc1)c1cc(N(c2ccccc2)c2ccccc2)cc2c1B3c1ccc3c(c1N2c1ccc2c(c1)C(C)(C)CCC2(C)C)C(C)(C)CCC3(C)C. The molecule has 0 saturated heterocycles. The van der Waals surface area contributed by atoms with Crippen LogP contribution in [0.5, 0.6) is 0 Å². The van der Waals surface area contributed by atoms with Crippen LogP contribution in [-0.4, -0.2) is 6.71 Å². The van der Waals surface area contributed by atoms with E-state index in [-0.39, 0.29) is 33.8 Å². The Morgan fingerprint density at radius 2 is 1.08 bits per heavy atom. The standard InChI is InChI=1S/C71H72BN3O/c1-45-28-35-61-53(40-45)64-66(76-61)72-57-33-32-55-62(71(11,12)39-38-69(55,7)8)65(57)74(50-30-31-54-56(42-50)70(9,10)37-36-68(54,5)6)59-43-51(73(48-24-18-14-19-25-48)49-26-20-15-21-27-49)44-60(63(59)72)75(64)58-34-29-47(67(2,3)4)41-52(58)46-22-16-13-17-23-46/h13-35,40-44H,36-39H2,1-12H3. The Morgan fingerprint density at radius 3 is 1.72 bits per heavy atom. The molecule has 3 heterocycles. The van der Waals surface area contributed by atoms with Crippen LogP contribution in [0.25, 0.3) is 22.1 Å². The molecule has 0 N–H and O–H groups in total. The Bertz CT molecular complexity index is 3740. The molecule has 0 spiro atoms. The van der Waals surface area contributed by atoms with Gasteiger partial charge in [0.1, 0.15) is 5.58 Å². The van der Waals surface area contributed by atoms with Gasteiger partial charge in [-0.15, -0.1) is 0 Å². The van der Waals surface area contributed by atoms with E-state index in [1.807, 2.05) is 0 Å². The second-order valence-electron chi connectivity index (χ2n) is 26.4. The average Bonchev–Trinajstić information content (AvgIpc) is 3.85. The van der Waals surface area contributed by atoms with Gasteiger partial charge in [0.25, 0.3) is 6.71 Å². The number of para-hydroxylation sites is 2. The lowest BCUT2D eigenvalue weighted by molar-refractivity contribution is 0.331. The van der Waals surface area contributed by atoms with Crippen molar-refractivity contribution in [2.24, 2.45) is 0 Å². The van der Waals surface area contributed by atoms with Crippen molar-refractivity contribution in [2.75, 3.05) is 14.7 Å². The summed E-state index contributed by atoms with van der Waals surface area (Å²) in [6.45, 7) is 28.8. The first-order valence-electron chi connectivity index (χ1n) is 28.0. The largest absolute Gasteiger partial charge is 0.468 e. The van der Waals surface area contributed by atoms with E-state index in [0.29, 0.717) is 0 Å². The molecular formula is C71H72BN3O. The third-order valence-electron chi connectivity index (χ3n) is 18.3. The molecular weight excluding hydrogens is 922 g/mol. The number of anilines is 9. The van der Waals surface area contributed by atoms with Crippen LogP contribution in [-0.2, 0) is 27.1 Å². The third-order valence-corrected chi connectivity index (χ3v) is 18.3. The molecule has 0 radical (unpaired) electrons. The molecule has 0 amide bonds. The second kappa shape index (κ2) is 16.9. The molecule has 2 aliphatic heterocycles. The lowest BCUT2D eigenvalue weighted by Crippen LogP contribution is -2.61. The molecule has 380 valence electrons. The topological polar surface area (TPSA) is 22.9 Å². The fourth-order valence-electron chi connectivity index (χ4n) is 13.8. The van der Waals surface area contributed by atoms with Gasteiger partial charge in [0.05, 0.1) is 22.7 Å². The van der Waals surface area contributed by atoms with Crippen LogP contribution in [0.1, 0.15) is 135 Å². The number of aryl methyl sites for hydroxylation is 1. The zero-order valence-corrected chi connectivity index (χ0v) is 46.8. The Morgan fingerprint density at radius 1 is 0.500 bits per heavy atom. The number of hydrogen-bond donors (Lipinski definition) is 0. The molecule has 9 aromatic rings. The molecule has 4 nitrogen and oxygen atoms in total. The van der Waals surface area contributed by atoms with E-state index in [0.717, 1.165) is 70.0 Å². The molecule has 0 saturated carbocycles. The van der Waals surface area contributed by atoms with Gasteiger partial charge < -0.3 is 19.1 Å². The fraction of sp³-hybridized carbons (Fsp3) is 0.296. The molecule has 0 atom stereocenters. The van der Waals surface area contributed by atoms with Gasteiger partial charge in [-0.1, -0.05) is 179 Å². The van der Waals surface area contributed by atoms with Gasteiger partial charge in [-0.3, -0.25) is 0 Å². The second-order valence-corrected chi connectivity index (χ2v) is 26.4. The van der Waals surface area contributed by atoms with Crippen molar-refractivity contribution in [2.45, 2.75) is 136 Å². The summed E-state index contributed by atoms with van der Waals surface area (Å²) in [5.74, 6) is 0. The maximum absolute atomic E-state index is 7.58. The van der Waals surface area contributed by atoms with Crippen LogP contribution in [0.4, 0.5) is 51.2 Å². The molecule has 0 unspecified atom stereocenters. The van der Waals surface area contributed by atoms with Gasteiger partial charge in [0, 0.05) is 45.1 Å². The van der Waals surface area contributed by atoms with Crippen molar-refractivity contribution in [1.82, 2.24) is 0 Å². The first-order valence-corrected chi connectivity index (χ1v) is 28.0. The van der Waals surface area contributed by atoms with Crippen LogP contribution < -0.4 is 31.3 Å². The van der Waals surface area contributed by atoms with Crippen molar-refractivity contribution in [3.8, 4) is 11.1 Å². The van der Waals surface area contributed by atoms with Gasteiger partial charge in [-0.2, -0.15) is 0 Å². The smallest absolute Gasteiger partial charge is 0.297 e. The van der Waals surface area contributed by atoms with Gasteiger partial charge in [0.2, 0.25) is 0 Å². The highest BCUT2D eigenvalue weighted by Crippen LogP contribution is 2.57. The Hall–Kier alpha value is -7.24. The number of rotatable bonds is 6. The maximum atomic E-state index is 7.58. The summed E-state index contributed by atoms with van der Waals surface area (Å²) >= 11 is 0. The predicted octanol–water partition coefficient (Wildman–Crippen LogP) is 18.0. The lowest BCUT2D eigenvalue weighted by Gasteiger charge is -2.49. The molecule has 0 fully saturated rings. The van der Waals surface area contributed by atoms with Gasteiger partial charge in [-0.05, 0) is 177 Å². The van der Waals surface area contributed by atoms with E-state index in [4.69, 9.17) is 4.42 Å². The lowest BCUT2D eigenvalue weighted by atomic mass is 9.35. The average molecular weight is 994 g/mol. The molecule has 76 heavy (non-hydrogen) atoms. The molecule has 4 aliphatic rings. The first kappa shape index (κ1) is 48.4. The summed E-state index contributed by atoms with van der Waals surface area (Å²) in [5.41, 5.74) is 25.4. The van der Waals surface area contributed by atoms with E-state index in [2.05, 4.69) is 268 Å². The van der Waals surface area contributed by atoms with Crippen molar-refractivity contribution < 1.29 is 4.42 Å². The van der Waals surface area contributed by atoms with Crippen LogP contribution in [0.15, 0.2) is 174 Å². The van der Waals surface area contributed by atoms with Gasteiger partial charge in [0.15, 0.2) is 0 Å². The van der Waals surface area contributed by atoms with Crippen molar-refractivity contribution in [3.05, 3.63) is 203 Å². The number of furan rings is 1. The fourth-order valence-corrected chi connectivity index (χ4v) is 13.8. The van der Waals surface area contributed by atoms with Crippen LogP contribution >= 0.6 is 0 Å². The minimum absolute atomic E-state index is 0.00322. The quantitative estimate of drug-likeness (QED) is 0.155.